The first-order valence-corrected chi connectivity index (χ1v) is 12.4. The zero-order valence-electron chi connectivity index (χ0n) is 20.0. The third-order valence-corrected chi connectivity index (χ3v) is 7.07. The molecule has 1 atom stereocenters. The van der Waals surface area contributed by atoms with Gasteiger partial charge < -0.3 is 24.5 Å². The lowest BCUT2D eigenvalue weighted by Crippen LogP contribution is -2.46. The van der Waals surface area contributed by atoms with E-state index in [4.69, 9.17) is 4.74 Å². The van der Waals surface area contributed by atoms with E-state index in [-0.39, 0.29) is 6.09 Å². The van der Waals surface area contributed by atoms with E-state index < -0.39 is 5.60 Å². The minimum absolute atomic E-state index is 0.174. The fraction of sp³-hybridized carbons (Fsp3) is 0.640. The lowest BCUT2D eigenvalue weighted by atomic mass is 9.90. The maximum atomic E-state index is 12.4. The van der Waals surface area contributed by atoms with Crippen molar-refractivity contribution in [2.45, 2.75) is 77.0 Å². The monoisotopic (exact) mass is 452 g/mol. The summed E-state index contributed by atoms with van der Waals surface area (Å²) >= 11 is 0. The SMILES string of the molecule is CC(C)(C)OC(=O)N1CCCC(CNC2CCC(n3cnc4cnc5[nH]ccc5c43)CC2)C1. The fourth-order valence-electron chi connectivity index (χ4n) is 5.42. The summed E-state index contributed by atoms with van der Waals surface area (Å²) in [5.41, 5.74) is 2.65. The van der Waals surface area contributed by atoms with E-state index in [0.29, 0.717) is 18.0 Å². The molecule has 0 radical (unpaired) electrons. The number of pyridine rings is 1. The van der Waals surface area contributed by atoms with Crippen molar-refractivity contribution in [3.8, 4) is 0 Å². The van der Waals surface area contributed by atoms with Crippen LogP contribution in [0.15, 0.2) is 24.8 Å². The predicted molar refractivity (Wildman–Crippen MR) is 129 cm³/mol. The van der Waals surface area contributed by atoms with Crippen molar-refractivity contribution >= 4 is 28.2 Å². The van der Waals surface area contributed by atoms with Crippen molar-refractivity contribution in [2.75, 3.05) is 19.6 Å². The molecule has 1 saturated carbocycles. The number of aromatic amines is 1. The molecule has 1 unspecified atom stereocenters. The molecule has 0 bridgehead atoms. The molecule has 8 nitrogen and oxygen atoms in total. The fourth-order valence-corrected chi connectivity index (χ4v) is 5.42. The van der Waals surface area contributed by atoms with Crippen LogP contribution in [0.25, 0.3) is 22.1 Å². The number of imidazole rings is 1. The van der Waals surface area contributed by atoms with Crippen molar-refractivity contribution in [3.05, 3.63) is 24.8 Å². The first kappa shape index (κ1) is 22.2. The second-order valence-corrected chi connectivity index (χ2v) is 10.7. The first-order chi connectivity index (χ1) is 15.9. The van der Waals surface area contributed by atoms with Crippen LogP contribution in [0.1, 0.15) is 65.3 Å². The number of rotatable bonds is 4. The van der Waals surface area contributed by atoms with E-state index in [9.17, 15) is 4.79 Å². The summed E-state index contributed by atoms with van der Waals surface area (Å²) in [5, 5.41) is 4.96. The largest absolute Gasteiger partial charge is 0.444 e. The van der Waals surface area contributed by atoms with Gasteiger partial charge in [-0.3, -0.25) is 0 Å². The number of fused-ring (bicyclic) bond motifs is 3. The van der Waals surface area contributed by atoms with E-state index in [2.05, 4.69) is 30.9 Å². The third kappa shape index (κ3) is 4.86. The van der Waals surface area contributed by atoms with E-state index >= 15 is 0 Å². The molecule has 0 spiro atoms. The number of aromatic nitrogens is 4. The number of hydrogen-bond donors (Lipinski definition) is 2. The molecule has 0 aromatic carbocycles. The van der Waals surface area contributed by atoms with Crippen LogP contribution in [-0.4, -0.2) is 61.8 Å². The summed E-state index contributed by atoms with van der Waals surface area (Å²) in [7, 11) is 0. The highest BCUT2D eigenvalue weighted by molar-refractivity contribution is 6.00. The molecule has 2 N–H and O–H groups in total. The molecule has 4 heterocycles. The van der Waals surface area contributed by atoms with Crippen molar-refractivity contribution in [2.24, 2.45) is 5.92 Å². The standard InChI is InChI=1S/C25H36N6O2/c1-25(2,3)33-24(32)30-12-4-5-17(15-30)13-27-18-6-8-19(9-7-18)31-16-29-21-14-28-23-20(22(21)31)10-11-26-23/h10-11,14,16-19,27H,4-9,12-13,15H2,1-3H3,(H,26,28). The predicted octanol–water partition coefficient (Wildman–Crippen LogP) is 4.63. The topological polar surface area (TPSA) is 88.1 Å². The van der Waals surface area contributed by atoms with Gasteiger partial charge in [-0.25, -0.2) is 14.8 Å². The zero-order valence-corrected chi connectivity index (χ0v) is 20.0. The molecular formula is C25H36N6O2. The van der Waals surface area contributed by atoms with E-state index in [1.165, 1.54) is 11.9 Å². The molecule has 178 valence electrons. The first-order valence-electron chi connectivity index (χ1n) is 12.4. The van der Waals surface area contributed by atoms with Crippen LogP contribution in [0.2, 0.25) is 0 Å². The normalized spacial score (nSPS) is 24.5. The average Bonchev–Trinajstić information content (AvgIpc) is 3.43. The molecule has 1 aliphatic heterocycles. The molecule has 5 rings (SSSR count). The van der Waals surface area contributed by atoms with Crippen LogP contribution in [0, 0.1) is 5.92 Å². The summed E-state index contributed by atoms with van der Waals surface area (Å²) in [6.45, 7) is 8.34. The van der Waals surface area contributed by atoms with Crippen molar-refractivity contribution in [3.63, 3.8) is 0 Å². The maximum absolute atomic E-state index is 12.4. The van der Waals surface area contributed by atoms with E-state index in [0.717, 1.165) is 68.3 Å². The number of likely N-dealkylation sites (tertiary alicyclic amines) is 1. The van der Waals surface area contributed by atoms with Crippen molar-refractivity contribution in [1.29, 1.82) is 0 Å². The number of hydrogen-bond acceptors (Lipinski definition) is 5. The van der Waals surface area contributed by atoms with Crippen molar-refractivity contribution < 1.29 is 9.53 Å². The Balaban J connectivity index is 1.14. The van der Waals surface area contributed by atoms with Gasteiger partial charge in [0.25, 0.3) is 0 Å². The quantitative estimate of drug-likeness (QED) is 0.602. The smallest absolute Gasteiger partial charge is 0.410 e. The van der Waals surface area contributed by atoms with Crippen LogP contribution in [0.3, 0.4) is 0 Å². The highest BCUT2D eigenvalue weighted by Gasteiger charge is 2.29. The Hall–Kier alpha value is -2.61. The van der Waals surface area contributed by atoms with Gasteiger partial charge >= 0.3 is 6.09 Å². The minimum Gasteiger partial charge on any atom is -0.444 e. The second kappa shape index (κ2) is 8.97. The van der Waals surface area contributed by atoms with Gasteiger partial charge in [0, 0.05) is 36.8 Å². The van der Waals surface area contributed by atoms with Crippen LogP contribution < -0.4 is 5.32 Å². The third-order valence-electron chi connectivity index (χ3n) is 7.07. The van der Waals surface area contributed by atoms with Gasteiger partial charge in [-0.05, 0) is 77.8 Å². The Morgan fingerprint density at radius 2 is 2.03 bits per heavy atom. The highest BCUT2D eigenvalue weighted by atomic mass is 16.6. The summed E-state index contributed by atoms with van der Waals surface area (Å²) in [6.07, 6.45) is 12.5. The summed E-state index contributed by atoms with van der Waals surface area (Å²) in [5.74, 6) is 0.496. The van der Waals surface area contributed by atoms with Crippen LogP contribution >= 0.6 is 0 Å². The Morgan fingerprint density at radius 1 is 1.21 bits per heavy atom. The number of ether oxygens (including phenoxy) is 1. The van der Waals surface area contributed by atoms with E-state index in [1.807, 2.05) is 44.4 Å². The molecule has 1 aliphatic carbocycles. The summed E-state index contributed by atoms with van der Waals surface area (Å²) < 4.78 is 7.94. The summed E-state index contributed by atoms with van der Waals surface area (Å²) in [6, 6.07) is 3.12. The Morgan fingerprint density at radius 3 is 2.82 bits per heavy atom. The molecular weight excluding hydrogens is 416 g/mol. The molecule has 2 aliphatic rings. The number of carbonyl (C=O) groups excluding carboxylic acids is 1. The van der Waals surface area contributed by atoms with Gasteiger partial charge in [-0.1, -0.05) is 0 Å². The van der Waals surface area contributed by atoms with Gasteiger partial charge in [0.15, 0.2) is 0 Å². The number of nitrogens with zero attached hydrogens (tertiary/aromatic N) is 4. The van der Waals surface area contributed by atoms with Crippen LogP contribution in [0.4, 0.5) is 4.79 Å². The lowest BCUT2D eigenvalue weighted by molar-refractivity contribution is 0.0164. The van der Waals surface area contributed by atoms with Crippen LogP contribution in [0.5, 0.6) is 0 Å². The Labute approximate surface area is 195 Å². The molecule has 3 aromatic heterocycles. The molecule has 8 heteroatoms. The zero-order chi connectivity index (χ0) is 23.0. The number of H-pyrrole nitrogens is 1. The molecule has 3 aromatic rings. The minimum atomic E-state index is -0.440. The van der Waals surface area contributed by atoms with Crippen LogP contribution in [-0.2, 0) is 4.74 Å². The molecule has 33 heavy (non-hydrogen) atoms. The molecule has 1 amide bonds. The number of nitrogens with one attached hydrogen (secondary N) is 2. The van der Waals surface area contributed by atoms with Gasteiger partial charge in [0.05, 0.1) is 18.0 Å². The van der Waals surface area contributed by atoms with Crippen molar-refractivity contribution in [1.82, 2.24) is 29.7 Å². The number of carbonyl (C=O) groups is 1. The molecule has 1 saturated heterocycles. The lowest BCUT2D eigenvalue weighted by Gasteiger charge is -2.36. The Kier molecular flexibility index (Phi) is 6.03. The summed E-state index contributed by atoms with van der Waals surface area (Å²) in [4.78, 5) is 26.6. The average molecular weight is 453 g/mol. The van der Waals surface area contributed by atoms with E-state index in [1.54, 1.807) is 0 Å². The highest BCUT2D eigenvalue weighted by Crippen LogP contribution is 2.33. The van der Waals surface area contributed by atoms with Gasteiger partial charge in [0.2, 0.25) is 0 Å². The maximum Gasteiger partial charge on any atom is 0.410 e. The molecule has 2 fully saturated rings. The van der Waals surface area contributed by atoms with Gasteiger partial charge in [-0.15, -0.1) is 0 Å². The Bertz CT molecular complexity index is 1110. The van der Waals surface area contributed by atoms with Gasteiger partial charge in [-0.2, -0.15) is 0 Å². The second-order valence-electron chi connectivity index (χ2n) is 10.7. The number of amides is 1. The van der Waals surface area contributed by atoms with Gasteiger partial charge in [0.1, 0.15) is 16.8 Å². The number of piperidine rings is 1.